The summed E-state index contributed by atoms with van der Waals surface area (Å²) in [5.74, 6) is 0.415. The summed E-state index contributed by atoms with van der Waals surface area (Å²) in [6.45, 7) is 0.186. The summed E-state index contributed by atoms with van der Waals surface area (Å²) in [6, 6.07) is 14.3. The Bertz CT molecular complexity index is 1430. The molecular weight excluding hydrogens is 508 g/mol. The van der Waals surface area contributed by atoms with Crippen LogP contribution in [0.2, 0.25) is 0 Å². The van der Waals surface area contributed by atoms with Crippen LogP contribution in [0.15, 0.2) is 48.5 Å². The second kappa shape index (κ2) is 11.3. The van der Waals surface area contributed by atoms with Crippen molar-refractivity contribution in [2.24, 2.45) is 5.92 Å². The zero-order valence-electron chi connectivity index (χ0n) is 22.6. The summed E-state index contributed by atoms with van der Waals surface area (Å²) in [5.41, 5.74) is 0.809. The van der Waals surface area contributed by atoms with Crippen LogP contribution in [0.3, 0.4) is 0 Å². The highest BCUT2D eigenvalue weighted by Gasteiger charge is 2.46. The first-order valence-electron chi connectivity index (χ1n) is 14.5. The molecule has 9 heteroatoms. The van der Waals surface area contributed by atoms with Gasteiger partial charge in [-0.15, -0.1) is 0 Å². The van der Waals surface area contributed by atoms with Crippen molar-refractivity contribution in [2.45, 2.75) is 82.0 Å². The molecule has 0 bridgehead atoms. The van der Waals surface area contributed by atoms with Crippen molar-refractivity contribution in [1.82, 2.24) is 20.5 Å². The van der Waals surface area contributed by atoms with Gasteiger partial charge in [-0.1, -0.05) is 68.5 Å². The highest BCUT2D eigenvalue weighted by atomic mass is 16.5. The van der Waals surface area contributed by atoms with Crippen molar-refractivity contribution in [3.8, 4) is 5.88 Å². The SMILES string of the molecule is O=C(O)NC1CCCCCCCC2CC2NC(=O)C2CC(Oc3nc4ccccc4c4ccccc34)CN2C1=O. The van der Waals surface area contributed by atoms with Crippen LogP contribution >= 0.6 is 0 Å². The minimum Gasteiger partial charge on any atom is -0.472 e. The lowest BCUT2D eigenvalue weighted by molar-refractivity contribution is -0.140. The minimum absolute atomic E-state index is 0.147. The first kappa shape index (κ1) is 26.3. The molecule has 40 heavy (non-hydrogen) atoms. The number of para-hydroxylation sites is 1. The fourth-order valence-electron chi connectivity index (χ4n) is 6.41. The molecule has 3 amide bonds. The van der Waals surface area contributed by atoms with Crippen LogP contribution in [0.25, 0.3) is 21.7 Å². The standard InChI is InChI=1S/C31H36N4O5/c36-28-27-17-20(40-29-23-13-7-6-11-21(23)22-12-8-9-14-24(22)33-29)18-35(27)30(37)25(34-31(38)39)15-5-3-1-2-4-10-19-16-26(19)32-28/h6-9,11-14,19-20,25-27,34H,1-5,10,15-18H2,(H,32,36)(H,38,39). The maximum absolute atomic E-state index is 13.8. The van der Waals surface area contributed by atoms with Gasteiger partial charge in [-0.2, -0.15) is 0 Å². The molecule has 9 nitrogen and oxygen atoms in total. The van der Waals surface area contributed by atoms with Gasteiger partial charge in [0.15, 0.2) is 0 Å². The lowest BCUT2D eigenvalue weighted by Gasteiger charge is -2.28. The number of hydrogen-bond acceptors (Lipinski definition) is 5. The van der Waals surface area contributed by atoms with E-state index in [0.717, 1.165) is 66.6 Å². The van der Waals surface area contributed by atoms with Gasteiger partial charge in [0, 0.05) is 23.2 Å². The van der Waals surface area contributed by atoms with Crippen molar-refractivity contribution >= 4 is 39.6 Å². The summed E-state index contributed by atoms with van der Waals surface area (Å²) in [5, 5.41) is 18.0. The van der Waals surface area contributed by atoms with Crippen LogP contribution < -0.4 is 15.4 Å². The second-order valence-electron chi connectivity index (χ2n) is 11.4. The lowest BCUT2D eigenvalue weighted by atomic mass is 10.0. The van der Waals surface area contributed by atoms with E-state index >= 15 is 0 Å². The molecule has 3 aliphatic rings. The maximum atomic E-state index is 13.8. The van der Waals surface area contributed by atoms with E-state index in [9.17, 15) is 19.5 Å². The van der Waals surface area contributed by atoms with Crippen molar-refractivity contribution < 1.29 is 24.2 Å². The number of amides is 3. The number of carbonyl (C=O) groups is 3. The molecule has 1 aliphatic carbocycles. The van der Waals surface area contributed by atoms with Crippen molar-refractivity contribution in [3.05, 3.63) is 48.5 Å². The van der Waals surface area contributed by atoms with Crippen molar-refractivity contribution in [2.75, 3.05) is 6.54 Å². The molecule has 2 saturated heterocycles. The fourth-order valence-corrected chi connectivity index (χ4v) is 6.41. The normalized spacial score (nSPS) is 27.7. The van der Waals surface area contributed by atoms with Gasteiger partial charge in [0.1, 0.15) is 18.2 Å². The van der Waals surface area contributed by atoms with E-state index in [1.807, 2.05) is 48.5 Å². The zero-order chi connectivity index (χ0) is 27.6. The lowest BCUT2D eigenvalue weighted by Crippen LogP contribution is -2.53. The first-order valence-corrected chi connectivity index (χ1v) is 14.5. The third-order valence-corrected chi connectivity index (χ3v) is 8.61. The number of carbonyl (C=O) groups excluding carboxylic acids is 2. The number of carboxylic acid groups (broad SMARTS) is 1. The largest absolute Gasteiger partial charge is 0.472 e. The van der Waals surface area contributed by atoms with Gasteiger partial charge in [0.2, 0.25) is 17.7 Å². The number of hydrogen-bond donors (Lipinski definition) is 3. The van der Waals surface area contributed by atoms with Gasteiger partial charge in [-0.05, 0) is 42.7 Å². The Morgan fingerprint density at radius 1 is 0.925 bits per heavy atom. The van der Waals surface area contributed by atoms with Gasteiger partial charge >= 0.3 is 6.09 Å². The van der Waals surface area contributed by atoms with Crippen LogP contribution in [-0.2, 0) is 9.59 Å². The zero-order valence-corrected chi connectivity index (χ0v) is 22.6. The van der Waals surface area contributed by atoms with Crippen LogP contribution in [0, 0.1) is 5.92 Å². The van der Waals surface area contributed by atoms with Crippen LogP contribution in [0.5, 0.6) is 5.88 Å². The molecule has 3 fully saturated rings. The van der Waals surface area contributed by atoms with E-state index in [0.29, 0.717) is 24.6 Å². The Morgan fingerprint density at radius 2 is 1.62 bits per heavy atom. The number of rotatable bonds is 3. The Labute approximate surface area is 233 Å². The van der Waals surface area contributed by atoms with E-state index in [1.165, 1.54) is 4.90 Å². The topological polar surface area (TPSA) is 121 Å². The predicted octanol–water partition coefficient (Wildman–Crippen LogP) is 4.62. The molecule has 5 unspecified atom stereocenters. The van der Waals surface area contributed by atoms with E-state index in [-0.39, 0.29) is 24.4 Å². The Balaban J connectivity index is 1.29. The first-order chi connectivity index (χ1) is 19.5. The fraction of sp³-hybridized carbons (Fsp3) is 0.484. The Morgan fingerprint density at radius 3 is 2.42 bits per heavy atom. The van der Waals surface area contributed by atoms with Gasteiger partial charge in [-0.25, -0.2) is 9.78 Å². The number of nitrogens with one attached hydrogen (secondary N) is 2. The van der Waals surface area contributed by atoms with Crippen LogP contribution in [-0.4, -0.2) is 63.7 Å². The molecule has 2 aromatic carbocycles. The molecule has 3 heterocycles. The molecule has 0 radical (unpaired) electrons. The van der Waals surface area contributed by atoms with E-state index < -0.39 is 24.3 Å². The monoisotopic (exact) mass is 544 g/mol. The quantitative estimate of drug-likeness (QED) is 0.414. The second-order valence-corrected chi connectivity index (χ2v) is 11.4. The molecule has 3 aromatic rings. The smallest absolute Gasteiger partial charge is 0.405 e. The summed E-state index contributed by atoms with van der Waals surface area (Å²) in [4.78, 5) is 45.2. The molecule has 6 rings (SSSR count). The number of benzene rings is 2. The summed E-state index contributed by atoms with van der Waals surface area (Å²) in [6.07, 6.45) is 6.11. The highest BCUT2D eigenvalue weighted by molar-refractivity contribution is 6.07. The number of nitrogens with zero attached hydrogens (tertiary/aromatic N) is 2. The Hall–Kier alpha value is -3.88. The average molecular weight is 545 g/mol. The van der Waals surface area contributed by atoms with Crippen molar-refractivity contribution in [1.29, 1.82) is 0 Å². The van der Waals surface area contributed by atoms with Crippen LogP contribution in [0.1, 0.15) is 57.8 Å². The summed E-state index contributed by atoms with van der Waals surface area (Å²) < 4.78 is 6.47. The molecular formula is C31H36N4O5. The maximum Gasteiger partial charge on any atom is 0.405 e. The Kier molecular flexibility index (Phi) is 7.45. The molecule has 5 atom stereocenters. The summed E-state index contributed by atoms with van der Waals surface area (Å²) in [7, 11) is 0. The van der Waals surface area contributed by atoms with Gasteiger partial charge < -0.3 is 25.4 Å². The molecule has 1 aromatic heterocycles. The molecule has 1 saturated carbocycles. The molecule has 2 aliphatic heterocycles. The van der Waals surface area contributed by atoms with Gasteiger partial charge in [0.25, 0.3) is 0 Å². The van der Waals surface area contributed by atoms with E-state index in [4.69, 9.17) is 9.72 Å². The number of aromatic nitrogens is 1. The third kappa shape index (κ3) is 5.55. The minimum atomic E-state index is -1.24. The van der Waals surface area contributed by atoms with Crippen molar-refractivity contribution in [3.63, 3.8) is 0 Å². The molecule has 3 N–H and O–H groups in total. The third-order valence-electron chi connectivity index (χ3n) is 8.61. The predicted molar refractivity (Wildman–Crippen MR) is 151 cm³/mol. The van der Waals surface area contributed by atoms with Gasteiger partial charge in [0.05, 0.1) is 12.1 Å². The molecule has 210 valence electrons. The highest BCUT2D eigenvalue weighted by Crippen LogP contribution is 2.37. The average Bonchev–Trinajstić information content (AvgIpc) is 3.54. The number of fused-ring (bicyclic) bond motifs is 5. The number of pyridine rings is 1. The van der Waals surface area contributed by atoms with Crippen LogP contribution in [0.4, 0.5) is 4.79 Å². The molecule has 0 spiro atoms. The number of ether oxygens (including phenoxy) is 1. The summed E-state index contributed by atoms with van der Waals surface area (Å²) >= 11 is 0. The van der Waals surface area contributed by atoms with Gasteiger partial charge in [-0.3, -0.25) is 9.59 Å². The van der Waals surface area contributed by atoms with E-state index in [1.54, 1.807) is 0 Å². The van der Waals surface area contributed by atoms with E-state index in [2.05, 4.69) is 10.6 Å².